The maximum absolute atomic E-state index is 11.1. The van der Waals surface area contributed by atoms with Crippen LogP contribution in [-0.2, 0) is 9.13 Å². The maximum atomic E-state index is 11.1. The van der Waals surface area contributed by atoms with Crippen molar-refractivity contribution in [3.05, 3.63) is 0 Å². The Labute approximate surface area is 117 Å². The van der Waals surface area contributed by atoms with E-state index in [0.29, 0.717) is 18.9 Å². The number of rotatable bonds is 6. The molecule has 2 atom stereocenters. The summed E-state index contributed by atoms with van der Waals surface area (Å²) in [5, 5.41) is 1.32. The Morgan fingerprint density at radius 2 is 1.63 bits per heavy atom. The SMILES string of the molecule is O=P(O)(O)C(CCC1CNCC(CS)C1)P(=O)(O)O. The Kier molecular flexibility index (Phi) is 6.55. The van der Waals surface area contributed by atoms with Gasteiger partial charge in [0.15, 0.2) is 5.40 Å². The van der Waals surface area contributed by atoms with Crippen molar-refractivity contribution in [1.82, 2.24) is 5.32 Å². The molecule has 10 heteroatoms. The van der Waals surface area contributed by atoms with Gasteiger partial charge in [-0.15, -0.1) is 0 Å². The van der Waals surface area contributed by atoms with Gasteiger partial charge in [0.1, 0.15) is 0 Å². The predicted octanol–water partition coefficient (Wildman–Crippen LogP) is 0.604. The van der Waals surface area contributed by atoms with E-state index in [1.54, 1.807) is 0 Å². The lowest BCUT2D eigenvalue weighted by atomic mass is 9.89. The van der Waals surface area contributed by atoms with E-state index in [-0.39, 0.29) is 12.3 Å². The normalized spacial score (nSPS) is 25.8. The Bertz CT molecular complexity index is 361. The van der Waals surface area contributed by atoms with Crippen LogP contribution in [0.25, 0.3) is 0 Å². The third-order valence-electron chi connectivity index (χ3n) is 3.40. The van der Waals surface area contributed by atoms with Crippen molar-refractivity contribution in [3.8, 4) is 0 Å². The first kappa shape index (κ1) is 17.7. The topological polar surface area (TPSA) is 127 Å². The molecule has 0 spiro atoms. The van der Waals surface area contributed by atoms with Crippen molar-refractivity contribution in [2.45, 2.75) is 24.7 Å². The van der Waals surface area contributed by atoms with Crippen LogP contribution in [0.4, 0.5) is 0 Å². The van der Waals surface area contributed by atoms with Crippen LogP contribution in [0.1, 0.15) is 19.3 Å². The van der Waals surface area contributed by atoms with Crippen LogP contribution >= 0.6 is 27.8 Å². The summed E-state index contributed by atoms with van der Waals surface area (Å²) in [5.74, 6) is 1.29. The van der Waals surface area contributed by atoms with Gasteiger partial charge in [0.05, 0.1) is 0 Å². The molecule has 0 radical (unpaired) electrons. The molecule has 1 fully saturated rings. The third-order valence-corrected chi connectivity index (χ3v) is 7.79. The number of nitrogens with one attached hydrogen (secondary N) is 1. The summed E-state index contributed by atoms with van der Waals surface area (Å²) >= 11 is 4.22. The summed E-state index contributed by atoms with van der Waals surface area (Å²) in [6.45, 7) is 1.57. The van der Waals surface area contributed by atoms with E-state index in [4.69, 9.17) is 19.6 Å². The number of hydrogen-bond donors (Lipinski definition) is 6. The van der Waals surface area contributed by atoms with Crippen molar-refractivity contribution < 1.29 is 28.7 Å². The third kappa shape index (κ3) is 5.86. The highest BCUT2D eigenvalue weighted by Crippen LogP contribution is 2.61. The van der Waals surface area contributed by atoms with E-state index >= 15 is 0 Å². The van der Waals surface area contributed by atoms with Crippen molar-refractivity contribution >= 4 is 27.8 Å². The summed E-state index contributed by atoms with van der Waals surface area (Å²) in [6.07, 6.45) is 1.09. The lowest BCUT2D eigenvalue weighted by Gasteiger charge is -2.30. The minimum atomic E-state index is -4.79. The van der Waals surface area contributed by atoms with Gasteiger partial charge in [0.2, 0.25) is 0 Å². The summed E-state index contributed by atoms with van der Waals surface area (Å²) in [7, 11) is -9.57. The summed E-state index contributed by atoms with van der Waals surface area (Å²) < 4.78 is 22.3. The average Bonchev–Trinajstić information content (AvgIpc) is 2.26. The zero-order valence-electron chi connectivity index (χ0n) is 10.4. The van der Waals surface area contributed by atoms with E-state index in [0.717, 1.165) is 18.7 Å². The molecule has 0 amide bonds. The molecule has 0 bridgehead atoms. The van der Waals surface area contributed by atoms with Crippen LogP contribution in [0.3, 0.4) is 0 Å². The number of piperidine rings is 1. The molecule has 1 heterocycles. The summed E-state index contributed by atoms with van der Waals surface area (Å²) in [4.78, 5) is 36.1. The Morgan fingerprint density at radius 1 is 1.11 bits per heavy atom. The summed E-state index contributed by atoms with van der Waals surface area (Å²) in [6, 6.07) is 0. The maximum Gasteiger partial charge on any atom is 0.340 e. The van der Waals surface area contributed by atoms with Gasteiger partial charge in [-0.3, -0.25) is 9.13 Å². The fourth-order valence-electron chi connectivity index (χ4n) is 2.41. The van der Waals surface area contributed by atoms with E-state index in [9.17, 15) is 9.13 Å². The molecule has 0 aromatic rings. The van der Waals surface area contributed by atoms with E-state index in [1.807, 2.05) is 0 Å². The predicted molar refractivity (Wildman–Crippen MR) is 75.4 cm³/mol. The highest BCUT2D eigenvalue weighted by atomic mass is 32.1. The van der Waals surface area contributed by atoms with E-state index in [1.165, 1.54) is 0 Å². The molecule has 1 rings (SSSR count). The molecule has 2 unspecified atom stereocenters. The Morgan fingerprint density at radius 3 is 2.11 bits per heavy atom. The molecular formula is C9H21NO6P2S. The van der Waals surface area contributed by atoms with Gasteiger partial charge in [0.25, 0.3) is 0 Å². The highest BCUT2D eigenvalue weighted by molar-refractivity contribution is 7.80. The first-order valence-electron chi connectivity index (χ1n) is 6.06. The van der Waals surface area contributed by atoms with Crippen LogP contribution in [-0.4, -0.2) is 43.8 Å². The standard InChI is InChI=1S/C9H21NO6P2S/c11-17(12,13)9(18(14,15)16)2-1-7-3-8(6-19)5-10-4-7/h7-10,19H,1-6H2,(H2,11,12,13)(H2,14,15,16). The van der Waals surface area contributed by atoms with Crippen LogP contribution in [0.15, 0.2) is 0 Å². The molecule has 0 aromatic heterocycles. The molecule has 1 saturated heterocycles. The Hall–Kier alpha value is 0.610. The second-order valence-electron chi connectivity index (χ2n) is 5.04. The molecule has 0 aliphatic carbocycles. The molecule has 114 valence electrons. The lowest BCUT2D eigenvalue weighted by Crippen LogP contribution is -2.37. The number of thiol groups is 1. The molecule has 0 aromatic carbocycles. The fourth-order valence-corrected chi connectivity index (χ4v) is 5.22. The minimum Gasteiger partial charge on any atom is -0.324 e. The largest absolute Gasteiger partial charge is 0.340 e. The molecule has 1 aliphatic heterocycles. The Balaban J connectivity index is 2.58. The van der Waals surface area contributed by atoms with Gasteiger partial charge in [-0.1, -0.05) is 0 Å². The summed E-state index contributed by atoms with van der Waals surface area (Å²) in [5.41, 5.74) is 0. The first-order valence-corrected chi connectivity index (χ1v) is 10.1. The van der Waals surface area contributed by atoms with Gasteiger partial charge >= 0.3 is 15.2 Å². The van der Waals surface area contributed by atoms with Crippen molar-refractivity contribution in [2.75, 3.05) is 18.8 Å². The zero-order chi connectivity index (χ0) is 14.7. The smallest absolute Gasteiger partial charge is 0.324 e. The van der Waals surface area contributed by atoms with Crippen molar-refractivity contribution in [1.29, 1.82) is 0 Å². The van der Waals surface area contributed by atoms with Gasteiger partial charge in [0, 0.05) is 0 Å². The zero-order valence-corrected chi connectivity index (χ0v) is 13.1. The lowest BCUT2D eigenvalue weighted by molar-refractivity contribution is 0.281. The molecule has 5 N–H and O–H groups in total. The van der Waals surface area contributed by atoms with Crippen molar-refractivity contribution in [3.63, 3.8) is 0 Å². The van der Waals surface area contributed by atoms with Gasteiger partial charge in [-0.25, -0.2) is 0 Å². The van der Waals surface area contributed by atoms with Gasteiger partial charge in [-0.05, 0) is 49.9 Å². The van der Waals surface area contributed by atoms with Crippen LogP contribution in [0.5, 0.6) is 0 Å². The van der Waals surface area contributed by atoms with Crippen LogP contribution in [0.2, 0.25) is 0 Å². The number of hydrogen-bond acceptors (Lipinski definition) is 4. The monoisotopic (exact) mass is 333 g/mol. The van der Waals surface area contributed by atoms with Gasteiger partial charge in [-0.2, -0.15) is 12.6 Å². The molecule has 7 nitrogen and oxygen atoms in total. The second-order valence-corrected chi connectivity index (χ2v) is 9.42. The highest BCUT2D eigenvalue weighted by Gasteiger charge is 2.43. The molecular weight excluding hydrogens is 312 g/mol. The molecule has 19 heavy (non-hydrogen) atoms. The van der Waals surface area contributed by atoms with E-state index < -0.39 is 20.6 Å². The van der Waals surface area contributed by atoms with Crippen LogP contribution in [0, 0.1) is 11.8 Å². The van der Waals surface area contributed by atoms with E-state index in [2.05, 4.69) is 17.9 Å². The fraction of sp³-hybridized carbons (Fsp3) is 1.00. The molecule has 0 saturated carbocycles. The second kappa shape index (κ2) is 7.05. The minimum absolute atomic E-state index is 0.166. The quantitative estimate of drug-likeness (QED) is 0.310. The van der Waals surface area contributed by atoms with Crippen molar-refractivity contribution in [2.24, 2.45) is 11.8 Å². The first-order chi connectivity index (χ1) is 8.64. The van der Waals surface area contributed by atoms with Crippen LogP contribution < -0.4 is 5.32 Å². The molecule has 1 aliphatic rings. The average molecular weight is 333 g/mol. The van der Waals surface area contributed by atoms with Gasteiger partial charge < -0.3 is 24.9 Å².